The van der Waals surface area contributed by atoms with Gasteiger partial charge in [0.2, 0.25) is 0 Å². The van der Waals surface area contributed by atoms with Gasteiger partial charge in [-0.05, 0) is 30.6 Å². The Morgan fingerprint density at radius 1 is 1.27 bits per heavy atom. The van der Waals surface area contributed by atoms with Crippen LogP contribution < -0.4 is 0 Å². The van der Waals surface area contributed by atoms with Crippen LogP contribution in [0.5, 0.6) is 0 Å². The fourth-order valence-corrected chi connectivity index (χ4v) is 2.31. The van der Waals surface area contributed by atoms with Gasteiger partial charge in [0.1, 0.15) is 0 Å². The van der Waals surface area contributed by atoms with Crippen molar-refractivity contribution in [3.8, 4) is 0 Å². The fraction of sp³-hybridized carbons (Fsp3) is 1.00. The summed E-state index contributed by atoms with van der Waals surface area (Å²) in [6.45, 7) is 6.72. The van der Waals surface area contributed by atoms with Crippen LogP contribution in [0.25, 0.3) is 0 Å². The first-order chi connectivity index (χ1) is 5.13. The van der Waals surface area contributed by atoms with Crippen LogP contribution in [0, 0.1) is 17.8 Å². The number of aliphatic hydroxyl groups excluding tert-OH is 1. The van der Waals surface area contributed by atoms with Crippen LogP contribution in [0.1, 0.15) is 40.0 Å². The highest BCUT2D eigenvalue weighted by Crippen LogP contribution is 2.34. The normalized spacial score (nSPS) is 39.5. The van der Waals surface area contributed by atoms with E-state index in [1.54, 1.807) is 0 Å². The summed E-state index contributed by atoms with van der Waals surface area (Å²) in [4.78, 5) is 0. The summed E-state index contributed by atoms with van der Waals surface area (Å²) >= 11 is 0. The molecule has 66 valence electrons. The van der Waals surface area contributed by atoms with E-state index in [9.17, 15) is 5.11 Å². The van der Waals surface area contributed by atoms with Crippen molar-refractivity contribution in [2.45, 2.75) is 46.1 Å². The first kappa shape index (κ1) is 9.05. The van der Waals surface area contributed by atoms with Gasteiger partial charge in [0, 0.05) is 0 Å². The van der Waals surface area contributed by atoms with Crippen LogP contribution in [0.15, 0.2) is 0 Å². The van der Waals surface area contributed by atoms with E-state index < -0.39 is 0 Å². The standard InChI is InChI=1S/C10H20O/c1-7(2)9-5-4-6-10(11)8(9)3/h7-11H,4-6H2,1-3H3. The molecule has 0 aromatic heterocycles. The summed E-state index contributed by atoms with van der Waals surface area (Å²) < 4.78 is 0. The van der Waals surface area contributed by atoms with Gasteiger partial charge >= 0.3 is 0 Å². The van der Waals surface area contributed by atoms with Crippen molar-refractivity contribution in [2.75, 3.05) is 0 Å². The maximum Gasteiger partial charge on any atom is 0.0568 e. The minimum absolute atomic E-state index is 0.0313. The molecule has 1 heteroatoms. The molecule has 1 nitrogen and oxygen atoms in total. The molecule has 11 heavy (non-hydrogen) atoms. The molecule has 0 aliphatic heterocycles. The molecule has 0 aromatic rings. The number of aliphatic hydroxyl groups is 1. The Morgan fingerprint density at radius 2 is 1.91 bits per heavy atom. The molecule has 1 aliphatic rings. The van der Waals surface area contributed by atoms with Crippen molar-refractivity contribution in [1.29, 1.82) is 0 Å². The van der Waals surface area contributed by atoms with E-state index in [2.05, 4.69) is 20.8 Å². The minimum atomic E-state index is -0.0313. The Morgan fingerprint density at radius 3 is 2.36 bits per heavy atom. The Balaban J connectivity index is 2.51. The summed E-state index contributed by atoms with van der Waals surface area (Å²) in [6.07, 6.45) is 3.52. The third kappa shape index (κ3) is 1.96. The van der Waals surface area contributed by atoms with Crippen LogP contribution in [-0.4, -0.2) is 11.2 Å². The molecule has 0 radical (unpaired) electrons. The monoisotopic (exact) mass is 156 g/mol. The van der Waals surface area contributed by atoms with Crippen molar-refractivity contribution < 1.29 is 5.11 Å². The number of hydrogen-bond acceptors (Lipinski definition) is 1. The molecule has 1 fully saturated rings. The maximum absolute atomic E-state index is 9.60. The lowest BCUT2D eigenvalue weighted by Crippen LogP contribution is -2.32. The second-order valence-electron chi connectivity index (χ2n) is 4.27. The van der Waals surface area contributed by atoms with Crippen LogP contribution in [0.4, 0.5) is 0 Å². The van der Waals surface area contributed by atoms with E-state index in [-0.39, 0.29) is 6.10 Å². The van der Waals surface area contributed by atoms with E-state index in [1.165, 1.54) is 12.8 Å². The van der Waals surface area contributed by atoms with E-state index in [0.717, 1.165) is 18.3 Å². The van der Waals surface area contributed by atoms with Gasteiger partial charge in [-0.25, -0.2) is 0 Å². The fourth-order valence-electron chi connectivity index (χ4n) is 2.31. The summed E-state index contributed by atoms with van der Waals surface area (Å²) in [5, 5.41) is 9.60. The lowest BCUT2D eigenvalue weighted by Gasteiger charge is -2.35. The predicted molar refractivity (Wildman–Crippen MR) is 47.3 cm³/mol. The average Bonchev–Trinajstić information content (AvgIpc) is 1.94. The predicted octanol–water partition coefficient (Wildman–Crippen LogP) is 2.44. The highest BCUT2D eigenvalue weighted by molar-refractivity contribution is 4.80. The number of hydrogen-bond donors (Lipinski definition) is 1. The molecule has 3 unspecified atom stereocenters. The van der Waals surface area contributed by atoms with Gasteiger partial charge in [-0.15, -0.1) is 0 Å². The maximum atomic E-state index is 9.60. The Kier molecular flexibility index (Phi) is 2.94. The molecule has 1 N–H and O–H groups in total. The molecule has 3 atom stereocenters. The van der Waals surface area contributed by atoms with Crippen LogP contribution in [0.3, 0.4) is 0 Å². The zero-order valence-electron chi connectivity index (χ0n) is 7.88. The molecule has 0 spiro atoms. The van der Waals surface area contributed by atoms with Gasteiger partial charge in [0.05, 0.1) is 6.10 Å². The molecule has 1 saturated carbocycles. The molecule has 1 rings (SSSR count). The van der Waals surface area contributed by atoms with Gasteiger partial charge in [0.25, 0.3) is 0 Å². The van der Waals surface area contributed by atoms with Gasteiger partial charge in [-0.3, -0.25) is 0 Å². The molecular weight excluding hydrogens is 136 g/mol. The van der Waals surface area contributed by atoms with Crippen LogP contribution >= 0.6 is 0 Å². The van der Waals surface area contributed by atoms with Crippen molar-refractivity contribution >= 4 is 0 Å². The quantitative estimate of drug-likeness (QED) is 0.618. The van der Waals surface area contributed by atoms with E-state index >= 15 is 0 Å². The van der Waals surface area contributed by atoms with Gasteiger partial charge < -0.3 is 5.11 Å². The molecular formula is C10H20O. The Labute approximate surface area is 69.8 Å². The Hall–Kier alpha value is -0.0400. The van der Waals surface area contributed by atoms with Crippen molar-refractivity contribution in [3.63, 3.8) is 0 Å². The second-order valence-corrected chi connectivity index (χ2v) is 4.27. The molecule has 0 heterocycles. The molecule has 0 saturated heterocycles. The zero-order valence-corrected chi connectivity index (χ0v) is 7.88. The van der Waals surface area contributed by atoms with Gasteiger partial charge in [0.15, 0.2) is 0 Å². The first-order valence-corrected chi connectivity index (χ1v) is 4.81. The first-order valence-electron chi connectivity index (χ1n) is 4.81. The summed E-state index contributed by atoms with van der Waals surface area (Å²) in [5.41, 5.74) is 0. The largest absolute Gasteiger partial charge is 0.393 e. The summed E-state index contributed by atoms with van der Waals surface area (Å²) in [7, 11) is 0. The average molecular weight is 156 g/mol. The second kappa shape index (κ2) is 3.57. The van der Waals surface area contributed by atoms with Crippen molar-refractivity contribution in [1.82, 2.24) is 0 Å². The number of rotatable bonds is 1. The van der Waals surface area contributed by atoms with Crippen molar-refractivity contribution in [3.05, 3.63) is 0 Å². The lowest BCUT2D eigenvalue weighted by atomic mass is 9.73. The van der Waals surface area contributed by atoms with Crippen molar-refractivity contribution in [2.24, 2.45) is 17.8 Å². The molecule has 0 bridgehead atoms. The zero-order chi connectivity index (χ0) is 8.43. The lowest BCUT2D eigenvalue weighted by molar-refractivity contribution is 0.0261. The Bertz CT molecular complexity index is 120. The smallest absolute Gasteiger partial charge is 0.0568 e. The summed E-state index contributed by atoms with van der Waals surface area (Å²) in [6, 6.07) is 0. The van der Waals surface area contributed by atoms with Crippen LogP contribution in [0.2, 0.25) is 0 Å². The van der Waals surface area contributed by atoms with E-state index in [0.29, 0.717) is 5.92 Å². The molecule has 0 amide bonds. The SMILES string of the molecule is CC(C)C1CCCC(O)C1C. The molecule has 1 aliphatic carbocycles. The highest BCUT2D eigenvalue weighted by atomic mass is 16.3. The highest BCUT2D eigenvalue weighted by Gasteiger charge is 2.29. The third-order valence-corrected chi connectivity index (χ3v) is 3.18. The van der Waals surface area contributed by atoms with Crippen LogP contribution in [-0.2, 0) is 0 Å². The van der Waals surface area contributed by atoms with E-state index in [1.807, 2.05) is 0 Å². The summed E-state index contributed by atoms with van der Waals surface area (Å²) in [5.74, 6) is 2.00. The third-order valence-electron chi connectivity index (χ3n) is 3.18. The minimum Gasteiger partial charge on any atom is -0.393 e. The van der Waals surface area contributed by atoms with E-state index in [4.69, 9.17) is 0 Å². The molecule has 0 aromatic carbocycles. The topological polar surface area (TPSA) is 20.2 Å². The van der Waals surface area contributed by atoms with Gasteiger partial charge in [-0.1, -0.05) is 27.2 Å². The van der Waals surface area contributed by atoms with Gasteiger partial charge in [-0.2, -0.15) is 0 Å².